The first-order valence-corrected chi connectivity index (χ1v) is 10.2. The summed E-state index contributed by atoms with van der Waals surface area (Å²) >= 11 is 14.3. The molecule has 0 aliphatic carbocycles. The Hall–Kier alpha value is -1.29. The molecule has 1 N–H and O–H groups in total. The van der Waals surface area contributed by atoms with Gasteiger partial charge in [-0.3, -0.25) is 9.59 Å². The molecular formula is C17H23NO4S4. The lowest BCUT2D eigenvalue weighted by Crippen LogP contribution is -2.14. The van der Waals surface area contributed by atoms with Crippen LogP contribution in [0, 0.1) is 3.95 Å². The molecule has 0 amide bonds. The van der Waals surface area contributed by atoms with Gasteiger partial charge in [0.05, 0.1) is 23.1 Å². The third-order valence-electron chi connectivity index (χ3n) is 2.57. The number of para-hydroxylation sites is 1. The molecule has 0 atom stereocenters. The molecule has 0 bridgehead atoms. The Bertz CT molecular complexity index is 658. The highest BCUT2D eigenvalue weighted by Crippen LogP contribution is 2.17. The van der Waals surface area contributed by atoms with E-state index in [1.807, 2.05) is 18.2 Å². The van der Waals surface area contributed by atoms with E-state index in [2.05, 4.69) is 49.5 Å². The van der Waals surface area contributed by atoms with Gasteiger partial charge in [0.15, 0.2) is 3.95 Å². The number of benzene rings is 1. The van der Waals surface area contributed by atoms with Crippen molar-refractivity contribution in [3.05, 3.63) is 41.4 Å². The predicted octanol–water partition coefficient (Wildman–Crippen LogP) is 4.47. The number of hydrogen-bond acceptors (Lipinski definition) is 8. The number of thiazole rings is 1. The zero-order chi connectivity index (χ0) is 19.8. The van der Waals surface area contributed by atoms with Crippen LogP contribution in [0.1, 0.15) is 12.8 Å². The van der Waals surface area contributed by atoms with E-state index < -0.39 is 0 Å². The van der Waals surface area contributed by atoms with Crippen LogP contribution in [0.15, 0.2) is 37.4 Å². The van der Waals surface area contributed by atoms with Gasteiger partial charge in [-0.2, -0.15) is 25.3 Å². The first-order chi connectivity index (χ1) is 12.6. The van der Waals surface area contributed by atoms with Crippen LogP contribution in [0.25, 0.3) is 10.2 Å². The summed E-state index contributed by atoms with van der Waals surface area (Å²) in [7, 11) is 0. The summed E-state index contributed by atoms with van der Waals surface area (Å²) in [4.78, 5) is 24.7. The van der Waals surface area contributed by atoms with Gasteiger partial charge in [0.1, 0.15) is 13.2 Å². The zero-order valence-corrected chi connectivity index (χ0v) is 17.7. The molecule has 1 aromatic carbocycles. The largest absolute Gasteiger partial charge is 0.462 e. The first kappa shape index (κ1) is 24.7. The van der Waals surface area contributed by atoms with Gasteiger partial charge >= 0.3 is 11.9 Å². The maximum atomic E-state index is 10.8. The number of hydrogen-bond donors (Lipinski definition) is 3. The van der Waals surface area contributed by atoms with Gasteiger partial charge in [0, 0.05) is 11.5 Å². The number of aromatic nitrogens is 1. The van der Waals surface area contributed by atoms with Crippen LogP contribution in [-0.2, 0) is 19.1 Å². The van der Waals surface area contributed by atoms with E-state index in [0.29, 0.717) is 11.5 Å². The minimum atomic E-state index is -0.328. The van der Waals surface area contributed by atoms with E-state index in [-0.39, 0.29) is 38.0 Å². The van der Waals surface area contributed by atoms with Gasteiger partial charge in [0.2, 0.25) is 0 Å². The highest BCUT2D eigenvalue weighted by Gasteiger charge is 2.03. The van der Waals surface area contributed by atoms with Gasteiger partial charge in [0.25, 0.3) is 0 Å². The third-order valence-corrected chi connectivity index (χ3v) is 4.23. The van der Waals surface area contributed by atoms with Crippen molar-refractivity contribution in [3.63, 3.8) is 0 Å². The molecular weight excluding hydrogens is 410 g/mol. The lowest BCUT2D eigenvalue weighted by molar-refractivity contribution is -0.151. The fraction of sp³-hybridized carbons (Fsp3) is 0.353. The summed E-state index contributed by atoms with van der Waals surface area (Å²) in [6, 6.07) is 8.11. The number of aromatic amines is 1. The fourth-order valence-corrected chi connectivity index (χ4v) is 3.01. The third kappa shape index (κ3) is 11.3. The van der Waals surface area contributed by atoms with E-state index in [4.69, 9.17) is 21.7 Å². The van der Waals surface area contributed by atoms with Crippen LogP contribution in [0.2, 0.25) is 0 Å². The number of carbonyl (C=O) groups excluding carboxylic acids is 2. The Labute approximate surface area is 173 Å². The summed E-state index contributed by atoms with van der Waals surface area (Å²) < 4.78 is 11.5. The number of carbonyl (C=O) groups is 2. The Morgan fingerprint density at radius 3 is 2.00 bits per heavy atom. The number of H-pyrrole nitrogens is 1. The average molecular weight is 434 g/mol. The molecule has 1 heterocycles. The summed E-state index contributed by atoms with van der Waals surface area (Å²) in [6.07, 6.45) is 0.543. The van der Waals surface area contributed by atoms with Gasteiger partial charge in [-0.1, -0.05) is 12.1 Å². The molecule has 0 spiro atoms. The van der Waals surface area contributed by atoms with E-state index in [1.165, 1.54) is 4.70 Å². The monoisotopic (exact) mass is 433 g/mol. The molecule has 26 heavy (non-hydrogen) atoms. The highest BCUT2D eigenvalue weighted by atomic mass is 32.1. The number of thiol groups is 2. The maximum Gasteiger partial charge on any atom is 0.306 e. The second kappa shape index (κ2) is 15.9. The quantitative estimate of drug-likeness (QED) is 0.198. The van der Waals surface area contributed by atoms with Crippen LogP contribution < -0.4 is 0 Å². The molecule has 2 rings (SSSR count). The molecule has 2 aromatic rings. The SMILES string of the molecule is C=C.O=C(CCS)OCCOC(=O)CCS.S=c1[nH]c2ccccc2s1. The number of ether oxygens (including phenoxy) is 2. The number of esters is 2. The van der Waals surface area contributed by atoms with Crippen molar-refractivity contribution in [2.45, 2.75) is 12.8 Å². The van der Waals surface area contributed by atoms with Gasteiger partial charge < -0.3 is 14.5 Å². The van der Waals surface area contributed by atoms with Crippen molar-refractivity contribution < 1.29 is 19.1 Å². The summed E-state index contributed by atoms with van der Waals surface area (Å²) in [5.74, 6) is 0.256. The summed E-state index contributed by atoms with van der Waals surface area (Å²) in [5.41, 5.74) is 1.14. The molecule has 5 nitrogen and oxygen atoms in total. The molecule has 0 saturated heterocycles. The Morgan fingerprint density at radius 2 is 1.54 bits per heavy atom. The number of fused-ring (bicyclic) bond motifs is 1. The summed E-state index contributed by atoms with van der Waals surface area (Å²) in [6.45, 7) is 6.20. The predicted molar refractivity (Wildman–Crippen MR) is 117 cm³/mol. The Morgan fingerprint density at radius 1 is 1.04 bits per heavy atom. The zero-order valence-electron chi connectivity index (χ0n) is 14.3. The molecule has 1 aromatic heterocycles. The number of rotatable bonds is 7. The lowest BCUT2D eigenvalue weighted by atomic mass is 10.3. The number of nitrogens with one attached hydrogen (secondary N) is 1. The minimum Gasteiger partial charge on any atom is -0.462 e. The molecule has 144 valence electrons. The smallest absolute Gasteiger partial charge is 0.306 e. The van der Waals surface area contributed by atoms with Crippen LogP contribution in [-0.4, -0.2) is 41.6 Å². The van der Waals surface area contributed by atoms with Gasteiger partial charge in [-0.15, -0.1) is 24.5 Å². The lowest BCUT2D eigenvalue weighted by Gasteiger charge is -2.04. The molecule has 9 heteroatoms. The molecule has 0 aliphatic heterocycles. The molecule has 0 saturated carbocycles. The van der Waals surface area contributed by atoms with Crippen molar-refractivity contribution in [2.75, 3.05) is 24.7 Å². The Kier molecular flexibility index (Phi) is 15.1. The van der Waals surface area contributed by atoms with Crippen molar-refractivity contribution >= 4 is 71.0 Å². The second-order valence-corrected chi connectivity index (χ2v) is 7.01. The maximum absolute atomic E-state index is 10.8. The molecule has 0 fully saturated rings. The van der Waals surface area contributed by atoms with Crippen LogP contribution in [0.3, 0.4) is 0 Å². The van der Waals surface area contributed by atoms with E-state index >= 15 is 0 Å². The van der Waals surface area contributed by atoms with Crippen LogP contribution in [0.4, 0.5) is 0 Å². The molecule has 0 radical (unpaired) electrons. The molecule has 0 unspecified atom stereocenters. The van der Waals surface area contributed by atoms with Crippen molar-refractivity contribution in [1.29, 1.82) is 0 Å². The standard InChI is InChI=1S/C8H14O4S2.C7H5NS2.C2H4/c9-7(1-5-13)11-3-4-12-8(10)2-6-14;9-7-8-5-3-1-2-4-6(5)10-7;1-2/h13-14H,1-6H2;1-4H,(H,8,9);1-2H2. The van der Waals surface area contributed by atoms with Gasteiger partial charge in [-0.25, -0.2) is 0 Å². The summed E-state index contributed by atoms with van der Waals surface area (Å²) in [5, 5.41) is 0. The van der Waals surface area contributed by atoms with Crippen molar-refractivity contribution in [2.24, 2.45) is 0 Å². The van der Waals surface area contributed by atoms with E-state index in [1.54, 1.807) is 11.3 Å². The fourth-order valence-electron chi connectivity index (χ4n) is 1.53. The minimum absolute atomic E-state index is 0.102. The average Bonchev–Trinajstić information content (AvgIpc) is 3.01. The van der Waals surface area contributed by atoms with E-state index in [0.717, 1.165) is 9.47 Å². The van der Waals surface area contributed by atoms with Crippen molar-refractivity contribution in [3.8, 4) is 0 Å². The van der Waals surface area contributed by atoms with Crippen molar-refractivity contribution in [1.82, 2.24) is 4.98 Å². The Balaban J connectivity index is 0.000000453. The highest BCUT2D eigenvalue weighted by molar-refractivity contribution is 7.80. The first-order valence-electron chi connectivity index (χ1n) is 7.67. The normalized spacial score (nSPS) is 9.31. The van der Waals surface area contributed by atoms with Crippen LogP contribution >= 0.6 is 48.8 Å². The molecule has 0 aliphatic rings. The second-order valence-electron chi connectivity index (χ2n) is 4.40. The topological polar surface area (TPSA) is 68.4 Å². The van der Waals surface area contributed by atoms with E-state index in [9.17, 15) is 9.59 Å². The van der Waals surface area contributed by atoms with Gasteiger partial charge in [-0.05, 0) is 24.4 Å². The van der Waals surface area contributed by atoms with Crippen LogP contribution in [0.5, 0.6) is 0 Å².